The van der Waals surface area contributed by atoms with Gasteiger partial charge in [0.15, 0.2) is 11.5 Å². The highest BCUT2D eigenvalue weighted by molar-refractivity contribution is 7.88. The third-order valence-electron chi connectivity index (χ3n) is 6.32. The van der Waals surface area contributed by atoms with E-state index >= 15 is 0 Å². The number of anilines is 1. The average molecular weight is 523 g/mol. The molecule has 0 spiro atoms. The maximum Gasteiger partial charge on any atom is 0.434 e. The zero-order chi connectivity index (χ0) is 24.8. The molecular weight excluding hydrogens is 496 g/mol. The number of nitrogens with zero attached hydrogens (tertiary/aromatic N) is 5. The van der Waals surface area contributed by atoms with Gasteiger partial charge in [0.05, 0.1) is 22.3 Å². The van der Waals surface area contributed by atoms with Crippen molar-refractivity contribution in [2.24, 2.45) is 0 Å². The smallest absolute Gasteiger partial charge is 0.351 e. The summed E-state index contributed by atoms with van der Waals surface area (Å²) in [5, 5.41) is 3.34. The van der Waals surface area contributed by atoms with Crippen molar-refractivity contribution in [2.75, 3.05) is 38.8 Å². The molecular formula is C20H26F4N6O2S2. The Hall–Kier alpha value is -1.90. The third kappa shape index (κ3) is 5.34. The summed E-state index contributed by atoms with van der Waals surface area (Å²) < 4.78 is 80.7. The molecule has 2 fully saturated rings. The molecule has 3 heterocycles. The van der Waals surface area contributed by atoms with Gasteiger partial charge in [0.2, 0.25) is 16.0 Å². The number of hydrogen-bond donors (Lipinski definition) is 1. The highest BCUT2D eigenvalue weighted by Gasteiger charge is 2.42. The van der Waals surface area contributed by atoms with E-state index in [1.54, 1.807) is 0 Å². The lowest BCUT2D eigenvalue weighted by atomic mass is 9.80. The first-order valence-corrected chi connectivity index (χ1v) is 13.5. The number of alkyl halides is 3. The van der Waals surface area contributed by atoms with Crippen LogP contribution in [0, 0.1) is 5.82 Å². The summed E-state index contributed by atoms with van der Waals surface area (Å²) in [4.78, 5) is 13.5. The van der Waals surface area contributed by atoms with E-state index in [9.17, 15) is 26.0 Å². The van der Waals surface area contributed by atoms with Crippen molar-refractivity contribution in [1.29, 1.82) is 0 Å². The molecule has 34 heavy (non-hydrogen) atoms. The van der Waals surface area contributed by atoms with Crippen molar-refractivity contribution in [1.82, 2.24) is 24.2 Å². The number of hydrogen-bond acceptors (Lipinski definition) is 8. The molecule has 188 valence electrons. The number of piperidine rings is 1. The fourth-order valence-electron chi connectivity index (χ4n) is 4.19. The van der Waals surface area contributed by atoms with Crippen molar-refractivity contribution in [3.05, 3.63) is 22.7 Å². The molecule has 1 aliphatic carbocycles. The van der Waals surface area contributed by atoms with E-state index in [1.165, 1.54) is 4.31 Å². The Morgan fingerprint density at radius 1 is 1.18 bits per heavy atom. The Morgan fingerprint density at radius 3 is 2.38 bits per heavy atom. The second kappa shape index (κ2) is 9.28. The molecule has 2 aliphatic rings. The van der Waals surface area contributed by atoms with E-state index < -0.39 is 33.4 Å². The second-order valence-electron chi connectivity index (χ2n) is 8.98. The minimum atomic E-state index is -4.75. The van der Waals surface area contributed by atoms with Crippen LogP contribution in [-0.4, -0.2) is 78.1 Å². The van der Waals surface area contributed by atoms with Gasteiger partial charge < -0.3 is 10.2 Å². The molecule has 1 saturated heterocycles. The van der Waals surface area contributed by atoms with Gasteiger partial charge in [-0.05, 0) is 39.8 Å². The van der Waals surface area contributed by atoms with Gasteiger partial charge in [0.25, 0.3) is 0 Å². The van der Waals surface area contributed by atoms with E-state index in [1.807, 2.05) is 19.0 Å². The maximum absolute atomic E-state index is 14.6. The Kier molecular flexibility index (Phi) is 6.88. The molecule has 0 atom stereocenters. The fourth-order valence-corrected chi connectivity index (χ4v) is 6.26. The van der Waals surface area contributed by atoms with Crippen LogP contribution in [0.1, 0.15) is 42.3 Å². The molecule has 14 heteroatoms. The van der Waals surface area contributed by atoms with E-state index in [4.69, 9.17) is 0 Å². The number of halogens is 4. The molecule has 8 nitrogen and oxygen atoms in total. The van der Waals surface area contributed by atoms with Gasteiger partial charge in [-0.25, -0.2) is 32.1 Å². The minimum absolute atomic E-state index is 0.00593. The average Bonchev–Trinajstić information content (AvgIpc) is 3.13. The van der Waals surface area contributed by atoms with Gasteiger partial charge in [0.1, 0.15) is 5.69 Å². The predicted molar refractivity (Wildman–Crippen MR) is 121 cm³/mol. The number of nitrogens with one attached hydrogen (secondary N) is 1. The van der Waals surface area contributed by atoms with Gasteiger partial charge in [-0.2, -0.15) is 13.2 Å². The first kappa shape index (κ1) is 25.2. The standard InChI is InChI=1S/C20H26F4N6O2S2/c1-29(2)13-8-11(9-13)18-28-17(20(22,23)24)16(33-18)15-14(21)10-25-19(27-15)26-12-4-6-30(7-5-12)34(3,31)32/h10-13H,4-9H2,1-3H3,(H,25,26,27)/t11-,13+. The highest BCUT2D eigenvalue weighted by atomic mass is 32.2. The first-order chi connectivity index (χ1) is 15.8. The van der Waals surface area contributed by atoms with Crippen molar-refractivity contribution < 1.29 is 26.0 Å². The molecule has 1 N–H and O–H groups in total. The summed E-state index contributed by atoms with van der Waals surface area (Å²) in [5.74, 6) is -1.07. The van der Waals surface area contributed by atoms with E-state index in [-0.39, 0.29) is 28.8 Å². The number of rotatable bonds is 6. The van der Waals surface area contributed by atoms with Gasteiger partial charge >= 0.3 is 6.18 Å². The SMILES string of the molecule is CN(C)[C@H]1C[C@@H](c2nc(C(F)(F)F)c(-c3nc(NC4CCN(S(C)(=O)=O)CC4)ncc3F)s2)C1. The van der Waals surface area contributed by atoms with Gasteiger partial charge in [0, 0.05) is 31.1 Å². The topological polar surface area (TPSA) is 91.3 Å². The van der Waals surface area contributed by atoms with Crippen LogP contribution < -0.4 is 5.32 Å². The molecule has 1 saturated carbocycles. The molecule has 1 aliphatic heterocycles. The van der Waals surface area contributed by atoms with Crippen LogP contribution >= 0.6 is 11.3 Å². The lowest BCUT2D eigenvalue weighted by molar-refractivity contribution is -0.140. The minimum Gasteiger partial charge on any atom is -0.351 e. The van der Waals surface area contributed by atoms with E-state index in [0.717, 1.165) is 23.8 Å². The number of aromatic nitrogens is 3. The first-order valence-electron chi connectivity index (χ1n) is 10.8. The summed E-state index contributed by atoms with van der Waals surface area (Å²) in [7, 11) is 0.554. The van der Waals surface area contributed by atoms with Gasteiger partial charge in [-0.1, -0.05) is 0 Å². The number of thiazole rings is 1. The molecule has 2 aromatic rings. The summed E-state index contributed by atoms with van der Waals surface area (Å²) in [6, 6.07) is 0.0979. The predicted octanol–water partition coefficient (Wildman–Crippen LogP) is 3.40. The zero-order valence-corrected chi connectivity index (χ0v) is 20.6. The van der Waals surface area contributed by atoms with E-state index in [0.29, 0.717) is 43.8 Å². The van der Waals surface area contributed by atoms with Crippen LogP contribution in [0.3, 0.4) is 0 Å². The molecule has 0 radical (unpaired) electrons. The zero-order valence-electron chi connectivity index (χ0n) is 18.9. The Bertz CT molecular complexity index is 1140. The molecule has 0 unspecified atom stereocenters. The highest BCUT2D eigenvalue weighted by Crippen LogP contribution is 2.47. The quantitative estimate of drug-likeness (QED) is 0.582. The van der Waals surface area contributed by atoms with Crippen LogP contribution in [0.25, 0.3) is 10.6 Å². The van der Waals surface area contributed by atoms with Crippen LogP contribution in [0.2, 0.25) is 0 Å². The summed E-state index contributed by atoms with van der Waals surface area (Å²) >= 11 is 0.828. The van der Waals surface area contributed by atoms with Gasteiger partial charge in [-0.3, -0.25) is 0 Å². The van der Waals surface area contributed by atoms with Crippen LogP contribution in [-0.2, 0) is 16.2 Å². The summed E-state index contributed by atoms with van der Waals surface area (Å²) in [6.07, 6.45) is -0.431. The van der Waals surface area contributed by atoms with Crippen LogP contribution in [0.5, 0.6) is 0 Å². The third-order valence-corrected chi connectivity index (χ3v) is 8.85. The Balaban J connectivity index is 1.57. The molecule has 0 aromatic carbocycles. The van der Waals surface area contributed by atoms with Crippen molar-refractivity contribution >= 4 is 27.3 Å². The molecule has 2 aromatic heterocycles. The normalized spacial score (nSPS) is 22.7. The second-order valence-corrected chi connectivity index (χ2v) is 12.0. The number of sulfonamides is 1. The Morgan fingerprint density at radius 2 is 1.82 bits per heavy atom. The molecule has 4 rings (SSSR count). The van der Waals surface area contributed by atoms with E-state index in [2.05, 4.69) is 20.3 Å². The fraction of sp³-hybridized carbons (Fsp3) is 0.650. The molecule has 0 bridgehead atoms. The summed E-state index contributed by atoms with van der Waals surface area (Å²) in [5.41, 5.74) is -1.57. The van der Waals surface area contributed by atoms with Gasteiger partial charge in [-0.15, -0.1) is 11.3 Å². The van der Waals surface area contributed by atoms with Crippen molar-refractivity contribution in [2.45, 2.75) is 49.9 Å². The lowest BCUT2D eigenvalue weighted by Crippen LogP contribution is -2.42. The van der Waals surface area contributed by atoms with Crippen molar-refractivity contribution in [3.8, 4) is 10.6 Å². The van der Waals surface area contributed by atoms with Crippen LogP contribution in [0.4, 0.5) is 23.5 Å². The van der Waals surface area contributed by atoms with Crippen molar-refractivity contribution in [3.63, 3.8) is 0 Å². The molecule has 0 amide bonds. The van der Waals surface area contributed by atoms with Crippen LogP contribution in [0.15, 0.2) is 6.20 Å². The lowest BCUT2D eigenvalue weighted by Gasteiger charge is -2.38. The summed E-state index contributed by atoms with van der Waals surface area (Å²) in [6.45, 7) is 0.604. The monoisotopic (exact) mass is 522 g/mol. The Labute approximate surface area is 199 Å². The largest absolute Gasteiger partial charge is 0.434 e. The maximum atomic E-state index is 14.6.